The van der Waals surface area contributed by atoms with Crippen molar-refractivity contribution in [3.63, 3.8) is 0 Å². The summed E-state index contributed by atoms with van der Waals surface area (Å²) in [4.78, 5) is 1.25. The number of rotatable bonds is 2. The van der Waals surface area contributed by atoms with Crippen LogP contribution in [-0.2, 0) is 4.74 Å². The van der Waals surface area contributed by atoms with Crippen LogP contribution >= 0.6 is 11.9 Å². The molecule has 1 aromatic rings. The zero-order valence-electron chi connectivity index (χ0n) is 9.61. The number of hydrogen-bond acceptors (Lipinski definition) is 4. The average molecular weight is 238 g/mol. The molecule has 0 aromatic heterocycles. The van der Waals surface area contributed by atoms with Crippen LogP contribution in [0.25, 0.3) is 0 Å². The van der Waals surface area contributed by atoms with Gasteiger partial charge in [0.15, 0.2) is 0 Å². The molecule has 3 nitrogen and oxygen atoms in total. The maximum absolute atomic E-state index is 5.81. The summed E-state index contributed by atoms with van der Waals surface area (Å²) >= 11 is 1.79. The number of anilines is 1. The lowest BCUT2D eigenvalue weighted by Gasteiger charge is -2.18. The van der Waals surface area contributed by atoms with E-state index >= 15 is 0 Å². The third kappa shape index (κ3) is 3.14. The maximum atomic E-state index is 5.81. The van der Waals surface area contributed by atoms with Gasteiger partial charge in [-0.15, -0.1) is 0 Å². The van der Waals surface area contributed by atoms with Crippen LogP contribution in [0.2, 0.25) is 0 Å². The summed E-state index contributed by atoms with van der Waals surface area (Å²) in [6.07, 6.45) is 1.11. The first-order valence-corrected chi connectivity index (χ1v) is 6.40. The molecule has 0 saturated carbocycles. The van der Waals surface area contributed by atoms with Crippen molar-refractivity contribution >= 4 is 17.6 Å². The maximum Gasteiger partial charge on any atom is 0.0602 e. The topological polar surface area (TPSA) is 38.5 Å². The van der Waals surface area contributed by atoms with E-state index in [0.29, 0.717) is 0 Å². The smallest absolute Gasteiger partial charge is 0.0602 e. The lowest BCUT2D eigenvalue weighted by molar-refractivity contribution is 0.148. The number of nitrogens with zero attached hydrogens (tertiary/aromatic N) is 1. The Kier molecular flexibility index (Phi) is 4.09. The number of nitrogens with two attached hydrogens (primary N) is 1. The fourth-order valence-electron chi connectivity index (χ4n) is 1.67. The Balaban J connectivity index is 2.04. The largest absolute Gasteiger partial charge is 0.399 e. The van der Waals surface area contributed by atoms with Crippen LogP contribution in [-0.4, -0.2) is 30.6 Å². The van der Waals surface area contributed by atoms with Gasteiger partial charge >= 0.3 is 0 Å². The number of ether oxygens (including phenoxy) is 1. The average Bonchev–Trinajstić information content (AvgIpc) is 2.52. The molecule has 2 rings (SSSR count). The minimum Gasteiger partial charge on any atom is -0.399 e. The van der Waals surface area contributed by atoms with Gasteiger partial charge in [-0.05, 0) is 43.0 Å². The molecule has 0 spiro atoms. The fourth-order valence-corrected chi connectivity index (χ4v) is 2.73. The SMILES string of the molecule is Cc1ccc(N)cc1SN1CCCOCC1. The first-order chi connectivity index (χ1) is 7.75. The lowest BCUT2D eigenvalue weighted by Crippen LogP contribution is -2.18. The molecule has 1 aliphatic rings. The molecule has 0 atom stereocenters. The Morgan fingerprint density at radius 1 is 1.31 bits per heavy atom. The number of hydrogen-bond donors (Lipinski definition) is 1. The Bertz CT molecular complexity index is 349. The van der Waals surface area contributed by atoms with E-state index < -0.39 is 0 Å². The van der Waals surface area contributed by atoms with Crippen molar-refractivity contribution in [1.82, 2.24) is 4.31 Å². The van der Waals surface area contributed by atoms with E-state index in [1.807, 2.05) is 12.1 Å². The second-order valence-electron chi connectivity index (χ2n) is 4.01. The van der Waals surface area contributed by atoms with Crippen LogP contribution in [0.5, 0.6) is 0 Å². The third-order valence-corrected chi connectivity index (χ3v) is 3.88. The molecule has 16 heavy (non-hydrogen) atoms. The van der Waals surface area contributed by atoms with Crippen molar-refractivity contribution in [3.05, 3.63) is 23.8 Å². The van der Waals surface area contributed by atoms with Gasteiger partial charge in [0.1, 0.15) is 0 Å². The van der Waals surface area contributed by atoms with Gasteiger partial charge in [0, 0.05) is 30.3 Å². The molecule has 1 saturated heterocycles. The summed E-state index contributed by atoms with van der Waals surface area (Å²) < 4.78 is 7.79. The molecule has 88 valence electrons. The highest BCUT2D eigenvalue weighted by Gasteiger charge is 2.11. The first kappa shape index (κ1) is 11.8. The number of aryl methyl sites for hydroxylation is 1. The lowest BCUT2D eigenvalue weighted by atomic mass is 10.2. The van der Waals surface area contributed by atoms with E-state index in [1.165, 1.54) is 10.5 Å². The molecular weight excluding hydrogens is 220 g/mol. The molecule has 2 N–H and O–H groups in total. The van der Waals surface area contributed by atoms with Gasteiger partial charge in [-0.2, -0.15) is 0 Å². The third-order valence-electron chi connectivity index (χ3n) is 2.62. The predicted molar refractivity (Wildman–Crippen MR) is 68.5 cm³/mol. The van der Waals surface area contributed by atoms with E-state index in [1.54, 1.807) is 11.9 Å². The standard InChI is InChI=1S/C12H18N2OS/c1-10-3-4-11(13)9-12(10)16-14-5-2-7-15-8-6-14/h3-4,9H,2,5-8,13H2,1H3. The molecule has 0 unspecified atom stereocenters. The van der Waals surface area contributed by atoms with E-state index in [-0.39, 0.29) is 0 Å². The summed E-state index contributed by atoms with van der Waals surface area (Å²) in [6, 6.07) is 6.07. The first-order valence-electron chi connectivity index (χ1n) is 5.62. The summed E-state index contributed by atoms with van der Waals surface area (Å²) in [5.41, 5.74) is 7.92. The summed E-state index contributed by atoms with van der Waals surface area (Å²) in [7, 11) is 0. The molecular formula is C12H18N2OS. The van der Waals surface area contributed by atoms with Crippen LogP contribution in [0.3, 0.4) is 0 Å². The normalized spacial score (nSPS) is 18.3. The second-order valence-corrected chi connectivity index (χ2v) is 5.15. The van der Waals surface area contributed by atoms with Gasteiger partial charge in [-0.25, -0.2) is 4.31 Å². The minimum absolute atomic E-state index is 0.828. The van der Waals surface area contributed by atoms with Crippen molar-refractivity contribution in [2.75, 3.05) is 32.0 Å². The molecule has 4 heteroatoms. The quantitative estimate of drug-likeness (QED) is 0.634. The van der Waals surface area contributed by atoms with Gasteiger partial charge in [0.25, 0.3) is 0 Å². The van der Waals surface area contributed by atoms with E-state index in [2.05, 4.69) is 17.3 Å². The highest BCUT2D eigenvalue weighted by Crippen LogP contribution is 2.28. The zero-order chi connectivity index (χ0) is 11.4. The van der Waals surface area contributed by atoms with Crippen LogP contribution in [0.1, 0.15) is 12.0 Å². The second kappa shape index (κ2) is 5.57. The van der Waals surface area contributed by atoms with Crippen LogP contribution in [0.15, 0.2) is 23.1 Å². The van der Waals surface area contributed by atoms with Crippen LogP contribution < -0.4 is 5.73 Å². The van der Waals surface area contributed by atoms with Crippen LogP contribution in [0, 0.1) is 6.92 Å². The van der Waals surface area contributed by atoms with Gasteiger partial charge in [0.2, 0.25) is 0 Å². The van der Waals surface area contributed by atoms with Crippen LogP contribution in [0.4, 0.5) is 5.69 Å². The summed E-state index contributed by atoms with van der Waals surface area (Å²) in [5, 5.41) is 0. The van der Waals surface area contributed by atoms with Gasteiger partial charge in [-0.1, -0.05) is 6.07 Å². The highest BCUT2D eigenvalue weighted by molar-refractivity contribution is 7.97. The number of benzene rings is 1. The zero-order valence-corrected chi connectivity index (χ0v) is 10.4. The van der Waals surface area contributed by atoms with E-state index in [4.69, 9.17) is 10.5 Å². The van der Waals surface area contributed by atoms with Crippen molar-refractivity contribution in [2.24, 2.45) is 0 Å². The van der Waals surface area contributed by atoms with Gasteiger partial charge in [-0.3, -0.25) is 0 Å². The Morgan fingerprint density at radius 3 is 3.06 bits per heavy atom. The Labute approximate surface area is 101 Å². The molecule has 0 bridgehead atoms. The number of nitrogen functional groups attached to an aromatic ring is 1. The molecule has 1 aliphatic heterocycles. The van der Waals surface area contributed by atoms with Crippen molar-refractivity contribution < 1.29 is 4.74 Å². The molecule has 1 fully saturated rings. The molecule has 1 aromatic carbocycles. The minimum atomic E-state index is 0.828. The van der Waals surface area contributed by atoms with Gasteiger partial charge in [0.05, 0.1) is 6.61 Å². The molecule has 0 aliphatic carbocycles. The summed E-state index contributed by atoms with van der Waals surface area (Å²) in [5.74, 6) is 0. The van der Waals surface area contributed by atoms with Gasteiger partial charge < -0.3 is 10.5 Å². The van der Waals surface area contributed by atoms with E-state index in [0.717, 1.165) is 38.4 Å². The fraction of sp³-hybridized carbons (Fsp3) is 0.500. The predicted octanol–water partition coefficient (Wildman–Crippen LogP) is 2.31. The molecule has 0 radical (unpaired) electrons. The Morgan fingerprint density at radius 2 is 2.19 bits per heavy atom. The molecule has 1 heterocycles. The highest BCUT2D eigenvalue weighted by atomic mass is 32.2. The van der Waals surface area contributed by atoms with Crippen molar-refractivity contribution in [1.29, 1.82) is 0 Å². The van der Waals surface area contributed by atoms with Crippen molar-refractivity contribution in [2.45, 2.75) is 18.2 Å². The molecule has 0 amide bonds. The Hall–Kier alpha value is -0.710. The van der Waals surface area contributed by atoms with E-state index in [9.17, 15) is 0 Å². The monoisotopic (exact) mass is 238 g/mol. The van der Waals surface area contributed by atoms with Crippen molar-refractivity contribution in [3.8, 4) is 0 Å². The summed E-state index contributed by atoms with van der Waals surface area (Å²) in [6.45, 7) is 5.90.